The van der Waals surface area contributed by atoms with Crippen LogP contribution in [0.15, 0.2) is 0 Å². The molecule has 4 saturated carbocycles. The summed E-state index contributed by atoms with van der Waals surface area (Å²) in [7, 11) is -3.14. The molecule has 0 amide bonds. The van der Waals surface area contributed by atoms with Gasteiger partial charge in [-0.25, -0.2) is 13.1 Å². The molecule has 1 atom stereocenters. The Hall–Kier alpha value is -0.0900. The summed E-state index contributed by atoms with van der Waals surface area (Å²) in [5.74, 6) is 2.62. The van der Waals surface area contributed by atoms with Gasteiger partial charge in [0.15, 0.2) is 0 Å². The van der Waals surface area contributed by atoms with Crippen molar-refractivity contribution in [2.24, 2.45) is 23.2 Å². The molecule has 4 heteroatoms. The molecular formula is C15H27NO2S. The highest BCUT2D eigenvalue weighted by atomic mass is 32.2. The fraction of sp³-hybridized carbons (Fsp3) is 1.00. The highest BCUT2D eigenvalue weighted by Gasteiger charge is 2.53. The van der Waals surface area contributed by atoms with Crippen molar-refractivity contribution in [3.63, 3.8) is 0 Å². The van der Waals surface area contributed by atoms with Crippen molar-refractivity contribution in [1.29, 1.82) is 0 Å². The average Bonchev–Trinajstić information content (AvgIpc) is 2.26. The first-order valence-electron chi connectivity index (χ1n) is 7.82. The molecule has 4 fully saturated rings. The fourth-order valence-corrected chi connectivity index (χ4v) is 6.23. The van der Waals surface area contributed by atoms with E-state index < -0.39 is 10.0 Å². The number of sulfonamides is 1. The first kappa shape index (κ1) is 13.9. The maximum absolute atomic E-state index is 12.1. The largest absolute Gasteiger partial charge is 0.214 e. The fourth-order valence-electron chi connectivity index (χ4n) is 5.22. The second kappa shape index (κ2) is 4.45. The van der Waals surface area contributed by atoms with E-state index in [4.69, 9.17) is 0 Å². The van der Waals surface area contributed by atoms with Crippen molar-refractivity contribution >= 4 is 10.0 Å². The summed E-state index contributed by atoms with van der Waals surface area (Å²) in [6.07, 6.45) is 7.97. The number of hydrogen-bond donors (Lipinski definition) is 1. The summed E-state index contributed by atoms with van der Waals surface area (Å²) in [5, 5.41) is -0.330. The zero-order valence-corrected chi connectivity index (χ0v) is 13.2. The van der Waals surface area contributed by atoms with Crippen molar-refractivity contribution in [3.8, 4) is 0 Å². The molecule has 0 aromatic rings. The van der Waals surface area contributed by atoms with E-state index in [0.29, 0.717) is 0 Å². The van der Waals surface area contributed by atoms with Crippen LogP contribution in [0.4, 0.5) is 0 Å². The van der Waals surface area contributed by atoms with Crippen LogP contribution in [0.3, 0.4) is 0 Å². The Bertz CT molecular complexity index is 419. The summed E-state index contributed by atoms with van der Waals surface area (Å²) in [4.78, 5) is 0. The van der Waals surface area contributed by atoms with Crippen LogP contribution in [0.2, 0.25) is 0 Å². The van der Waals surface area contributed by atoms with Crippen LogP contribution in [0.5, 0.6) is 0 Å². The molecule has 1 unspecified atom stereocenters. The van der Waals surface area contributed by atoms with Gasteiger partial charge in [0.1, 0.15) is 0 Å². The van der Waals surface area contributed by atoms with E-state index in [0.717, 1.165) is 17.8 Å². The molecule has 0 aromatic carbocycles. The third-order valence-electron chi connectivity index (χ3n) is 5.97. The van der Waals surface area contributed by atoms with Gasteiger partial charge in [-0.3, -0.25) is 0 Å². The van der Waals surface area contributed by atoms with Crippen LogP contribution in [-0.4, -0.2) is 19.7 Å². The Balaban J connectivity index is 1.78. The van der Waals surface area contributed by atoms with Gasteiger partial charge in [0.25, 0.3) is 0 Å². The van der Waals surface area contributed by atoms with Crippen LogP contribution in [-0.2, 0) is 10.0 Å². The molecular weight excluding hydrogens is 258 g/mol. The summed E-state index contributed by atoms with van der Waals surface area (Å²) in [6.45, 7) is 5.62. The summed E-state index contributed by atoms with van der Waals surface area (Å²) in [6, 6.07) is 0.105. The second-order valence-electron chi connectivity index (χ2n) is 7.71. The highest BCUT2D eigenvalue weighted by Crippen LogP contribution is 2.61. The Morgan fingerprint density at radius 3 is 1.74 bits per heavy atom. The predicted molar refractivity (Wildman–Crippen MR) is 77.3 cm³/mol. The molecule has 4 aliphatic carbocycles. The SMILES string of the molecule is CC(NS(=O)(=O)C(C)C)C12CC3CC(CC(C3)C1)C2. The molecule has 0 radical (unpaired) electrons. The lowest BCUT2D eigenvalue weighted by atomic mass is 9.48. The van der Waals surface area contributed by atoms with Gasteiger partial charge < -0.3 is 0 Å². The van der Waals surface area contributed by atoms with Gasteiger partial charge in [-0.2, -0.15) is 0 Å². The molecule has 19 heavy (non-hydrogen) atoms. The van der Waals surface area contributed by atoms with Crippen molar-refractivity contribution in [2.75, 3.05) is 0 Å². The first-order chi connectivity index (χ1) is 8.81. The van der Waals surface area contributed by atoms with E-state index in [1.54, 1.807) is 13.8 Å². The molecule has 110 valence electrons. The maximum atomic E-state index is 12.1. The number of nitrogens with one attached hydrogen (secondary N) is 1. The van der Waals surface area contributed by atoms with Gasteiger partial charge in [-0.05, 0) is 82.5 Å². The lowest BCUT2D eigenvalue weighted by molar-refractivity contribution is -0.0666. The minimum atomic E-state index is -3.14. The molecule has 0 spiro atoms. The smallest absolute Gasteiger partial charge is 0.212 e. The number of rotatable bonds is 4. The first-order valence-corrected chi connectivity index (χ1v) is 9.36. The van der Waals surface area contributed by atoms with E-state index in [1.165, 1.54) is 38.5 Å². The van der Waals surface area contributed by atoms with Gasteiger partial charge in [-0.15, -0.1) is 0 Å². The van der Waals surface area contributed by atoms with E-state index in [1.807, 2.05) is 0 Å². The Morgan fingerprint density at radius 2 is 1.37 bits per heavy atom. The van der Waals surface area contributed by atoms with Crippen LogP contribution in [0, 0.1) is 23.2 Å². The van der Waals surface area contributed by atoms with Crippen LogP contribution < -0.4 is 4.72 Å². The Morgan fingerprint density at radius 1 is 0.947 bits per heavy atom. The van der Waals surface area contributed by atoms with E-state index in [9.17, 15) is 8.42 Å². The van der Waals surface area contributed by atoms with Crippen LogP contribution in [0.25, 0.3) is 0 Å². The zero-order chi connectivity index (χ0) is 13.8. The standard InChI is InChI=1S/C15H27NO2S/c1-10(2)19(17,18)16-11(3)15-7-12-4-13(8-15)6-14(5-12)9-15/h10-14,16H,4-9H2,1-3H3. The maximum Gasteiger partial charge on any atom is 0.214 e. The van der Waals surface area contributed by atoms with E-state index >= 15 is 0 Å². The van der Waals surface area contributed by atoms with Crippen molar-refractivity contribution < 1.29 is 8.42 Å². The van der Waals surface area contributed by atoms with Gasteiger partial charge >= 0.3 is 0 Å². The van der Waals surface area contributed by atoms with Gasteiger partial charge in [0.05, 0.1) is 5.25 Å². The highest BCUT2D eigenvalue weighted by molar-refractivity contribution is 7.90. The third kappa shape index (κ3) is 2.35. The summed E-state index contributed by atoms with van der Waals surface area (Å²) in [5.41, 5.74) is 0.261. The van der Waals surface area contributed by atoms with Crippen molar-refractivity contribution in [3.05, 3.63) is 0 Å². The summed E-state index contributed by atoms with van der Waals surface area (Å²) >= 11 is 0. The van der Waals surface area contributed by atoms with E-state index in [2.05, 4.69) is 11.6 Å². The molecule has 4 aliphatic rings. The van der Waals surface area contributed by atoms with Crippen molar-refractivity contribution in [1.82, 2.24) is 4.72 Å². The topological polar surface area (TPSA) is 46.2 Å². The lowest BCUT2D eigenvalue weighted by Crippen LogP contribution is -2.56. The Kier molecular flexibility index (Phi) is 3.25. The quantitative estimate of drug-likeness (QED) is 0.863. The van der Waals surface area contributed by atoms with Crippen molar-refractivity contribution in [2.45, 2.75) is 70.6 Å². The molecule has 4 bridgehead atoms. The minimum Gasteiger partial charge on any atom is -0.212 e. The zero-order valence-electron chi connectivity index (χ0n) is 12.4. The predicted octanol–water partition coefficient (Wildman–Crippen LogP) is 2.92. The minimum absolute atomic E-state index is 0.105. The molecule has 3 nitrogen and oxygen atoms in total. The van der Waals surface area contributed by atoms with Gasteiger partial charge in [-0.1, -0.05) is 0 Å². The number of hydrogen-bond acceptors (Lipinski definition) is 2. The molecule has 1 N–H and O–H groups in total. The molecule has 0 heterocycles. The summed E-state index contributed by atoms with van der Waals surface area (Å²) < 4.78 is 27.2. The van der Waals surface area contributed by atoms with Crippen LogP contribution in [0.1, 0.15) is 59.3 Å². The molecule has 4 rings (SSSR count). The van der Waals surface area contributed by atoms with E-state index in [-0.39, 0.29) is 16.7 Å². The molecule has 0 aromatic heterocycles. The monoisotopic (exact) mass is 285 g/mol. The van der Waals surface area contributed by atoms with Crippen LogP contribution >= 0.6 is 0 Å². The molecule has 0 saturated heterocycles. The second-order valence-corrected chi connectivity index (χ2v) is 9.98. The normalized spacial score (nSPS) is 42.8. The third-order valence-corrected chi connectivity index (χ3v) is 7.89. The lowest BCUT2D eigenvalue weighted by Gasteiger charge is -2.59. The Labute approximate surface area is 117 Å². The van der Waals surface area contributed by atoms with Gasteiger partial charge in [0, 0.05) is 6.04 Å². The van der Waals surface area contributed by atoms with Gasteiger partial charge in [0.2, 0.25) is 10.0 Å². The molecule has 0 aliphatic heterocycles. The average molecular weight is 285 g/mol.